The molecule has 1 aromatic rings. The summed E-state index contributed by atoms with van der Waals surface area (Å²) in [7, 11) is 0. The number of benzene rings is 1. The van der Waals surface area contributed by atoms with Crippen molar-refractivity contribution in [3.8, 4) is 0 Å². The summed E-state index contributed by atoms with van der Waals surface area (Å²) in [6.45, 7) is 2.71. The first-order valence-corrected chi connectivity index (χ1v) is 5.39. The van der Waals surface area contributed by atoms with Gasteiger partial charge < -0.3 is 5.11 Å². The number of nitro groups is 1. The quantitative estimate of drug-likeness (QED) is 0.376. The molecule has 0 bridgehead atoms. The fourth-order valence-corrected chi connectivity index (χ4v) is 1.87. The number of carbonyl (C=O) groups is 3. The number of rotatable bonds is 4. The highest BCUT2D eigenvalue weighted by Crippen LogP contribution is 2.30. The van der Waals surface area contributed by atoms with Crippen molar-refractivity contribution in [2.45, 2.75) is 0 Å². The molecule has 1 aromatic carbocycles. The summed E-state index contributed by atoms with van der Waals surface area (Å²) < 4.78 is 0. The predicted molar refractivity (Wildman–Crippen MR) is 65.2 cm³/mol. The van der Waals surface area contributed by atoms with Gasteiger partial charge in [-0.25, -0.2) is 4.79 Å². The SMILES string of the molecule is C=C(CN1C(=O)c2cccc([N+](=O)[O-])c2C1=O)C(=O)O. The lowest BCUT2D eigenvalue weighted by molar-refractivity contribution is -0.385. The van der Waals surface area contributed by atoms with E-state index in [1.807, 2.05) is 0 Å². The Morgan fingerprint density at radius 1 is 1.35 bits per heavy atom. The number of carboxylic acid groups (broad SMARTS) is 1. The lowest BCUT2D eigenvalue weighted by atomic mass is 10.1. The number of amides is 2. The summed E-state index contributed by atoms with van der Waals surface area (Å²) in [5, 5.41) is 19.6. The Kier molecular flexibility index (Phi) is 3.07. The van der Waals surface area contributed by atoms with Crippen LogP contribution in [-0.2, 0) is 4.79 Å². The van der Waals surface area contributed by atoms with Crippen LogP contribution in [0.25, 0.3) is 0 Å². The van der Waals surface area contributed by atoms with Crippen molar-refractivity contribution in [1.82, 2.24) is 4.90 Å². The molecule has 2 amide bonds. The van der Waals surface area contributed by atoms with E-state index in [2.05, 4.69) is 6.58 Å². The van der Waals surface area contributed by atoms with E-state index in [1.54, 1.807) is 0 Å². The molecule has 0 radical (unpaired) electrons. The summed E-state index contributed by atoms with van der Waals surface area (Å²) in [4.78, 5) is 45.5. The van der Waals surface area contributed by atoms with E-state index in [0.29, 0.717) is 4.90 Å². The minimum Gasteiger partial charge on any atom is -0.478 e. The largest absolute Gasteiger partial charge is 0.478 e. The summed E-state index contributed by atoms with van der Waals surface area (Å²) in [6.07, 6.45) is 0. The van der Waals surface area contributed by atoms with Gasteiger partial charge in [0.05, 0.1) is 17.0 Å². The first-order valence-electron chi connectivity index (χ1n) is 5.39. The molecule has 1 aliphatic rings. The van der Waals surface area contributed by atoms with Gasteiger partial charge in [-0.3, -0.25) is 24.6 Å². The standard InChI is InChI=1S/C12H8N2O6/c1-6(12(17)18)5-13-10(15)7-3-2-4-8(14(19)20)9(7)11(13)16/h2-4H,1,5H2,(H,17,18). The number of carbonyl (C=O) groups excluding carboxylic acids is 2. The molecule has 8 nitrogen and oxygen atoms in total. The van der Waals surface area contributed by atoms with Gasteiger partial charge in [0, 0.05) is 11.6 Å². The van der Waals surface area contributed by atoms with Gasteiger partial charge >= 0.3 is 5.97 Å². The molecule has 0 fully saturated rings. The van der Waals surface area contributed by atoms with Gasteiger partial charge in [-0.15, -0.1) is 0 Å². The minimum atomic E-state index is -1.35. The zero-order valence-electron chi connectivity index (χ0n) is 10.0. The summed E-state index contributed by atoms with van der Waals surface area (Å²) >= 11 is 0. The molecule has 0 saturated heterocycles. The van der Waals surface area contributed by atoms with Crippen LogP contribution >= 0.6 is 0 Å². The molecule has 20 heavy (non-hydrogen) atoms. The number of fused-ring (bicyclic) bond motifs is 1. The van der Waals surface area contributed by atoms with Crippen molar-refractivity contribution in [1.29, 1.82) is 0 Å². The predicted octanol–water partition coefficient (Wildman–Crippen LogP) is 0.832. The number of hydrogen-bond donors (Lipinski definition) is 1. The van der Waals surface area contributed by atoms with Gasteiger partial charge in [0.15, 0.2) is 0 Å². The maximum atomic E-state index is 12.1. The van der Waals surface area contributed by atoms with Crippen LogP contribution in [0.4, 0.5) is 5.69 Å². The molecule has 1 heterocycles. The Bertz CT molecular complexity index is 679. The van der Waals surface area contributed by atoms with Gasteiger partial charge in [0.1, 0.15) is 5.56 Å². The molecule has 0 saturated carbocycles. The number of carboxylic acids is 1. The van der Waals surface area contributed by atoms with E-state index >= 15 is 0 Å². The highest BCUT2D eigenvalue weighted by molar-refractivity contribution is 6.23. The number of nitrogens with zero attached hydrogens (tertiary/aromatic N) is 2. The van der Waals surface area contributed by atoms with Crippen LogP contribution in [0.2, 0.25) is 0 Å². The van der Waals surface area contributed by atoms with E-state index < -0.39 is 34.9 Å². The first kappa shape index (κ1) is 13.4. The lowest BCUT2D eigenvalue weighted by Gasteiger charge is -2.12. The molecule has 8 heteroatoms. The first-order chi connectivity index (χ1) is 9.34. The van der Waals surface area contributed by atoms with E-state index in [1.165, 1.54) is 12.1 Å². The maximum Gasteiger partial charge on any atom is 0.332 e. The number of hydrogen-bond acceptors (Lipinski definition) is 5. The smallest absolute Gasteiger partial charge is 0.332 e. The van der Waals surface area contributed by atoms with E-state index in [9.17, 15) is 24.5 Å². The molecular formula is C12H8N2O6. The Morgan fingerprint density at radius 2 is 2.00 bits per heavy atom. The number of imide groups is 1. The second-order valence-corrected chi connectivity index (χ2v) is 4.06. The van der Waals surface area contributed by atoms with Crippen molar-refractivity contribution in [2.24, 2.45) is 0 Å². The zero-order valence-corrected chi connectivity index (χ0v) is 10.0. The Hall–Kier alpha value is -3.03. The van der Waals surface area contributed by atoms with Crippen LogP contribution in [-0.4, -0.2) is 39.3 Å². The highest BCUT2D eigenvalue weighted by Gasteiger charge is 2.41. The molecule has 1 N–H and O–H groups in total. The van der Waals surface area contributed by atoms with Crippen molar-refractivity contribution >= 4 is 23.5 Å². The monoisotopic (exact) mass is 276 g/mol. The van der Waals surface area contributed by atoms with Crippen LogP contribution in [0.15, 0.2) is 30.4 Å². The van der Waals surface area contributed by atoms with Crippen molar-refractivity contribution in [2.75, 3.05) is 6.54 Å². The fourth-order valence-electron chi connectivity index (χ4n) is 1.87. The Labute approximate surface area is 112 Å². The molecule has 0 spiro atoms. The third-order valence-electron chi connectivity index (χ3n) is 2.83. The molecule has 0 aliphatic carbocycles. The van der Waals surface area contributed by atoms with E-state index in [-0.39, 0.29) is 16.7 Å². The average Bonchev–Trinajstić information content (AvgIpc) is 2.63. The van der Waals surface area contributed by atoms with Crippen LogP contribution in [0.5, 0.6) is 0 Å². The fraction of sp³-hybridized carbons (Fsp3) is 0.0833. The summed E-state index contributed by atoms with van der Waals surface area (Å²) in [6, 6.07) is 3.68. The molecule has 1 aliphatic heterocycles. The summed E-state index contributed by atoms with van der Waals surface area (Å²) in [5.74, 6) is -3.01. The lowest BCUT2D eigenvalue weighted by Crippen LogP contribution is -2.33. The van der Waals surface area contributed by atoms with E-state index in [4.69, 9.17) is 5.11 Å². The average molecular weight is 276 g/mol. The second-order valence-electron chi connectivity index (χ2n) is 4.06. The highest BCUT2D eigenvalue weighted by atomic mass is 16.6. The molecule has 0 unspecified atom stereocenters. The van der Waals surface area contributed by atoms with Crippen LogP contribution in [0.3, 0.4) is 0 Å². The van der Waals surface area contributed by atoms with Crippen molar-refractivity contribution in [3.63, 3.8) is 0 Å². The van der Waals surface area contributed by atoms with Crippen molar-refractivity contribution < 1.29 is 24.4 Å². The molecule has 0 aromatic heterocycles. The number of nitro benzene ring substituents is 1. The van der Waals surface area contributed by atoms with Crippen LogP contribution in [0.1, 0.15) is 20.7 Å². The van der Waals surface area contributed by atoms with Gasteiger partial charge in [-0.05, 0) is 6.07 Å². The summed E-state index contributed by atoms with van der Waals surface area (Å²) in [5.41, 5.74) is -1.27. The maximum absolute atomic E-state index is 12.1. The minimum absolute atomic E-state index is 0.109. The Balaban J connectivity index is 2.45. The van der Waals surface area contributed by atoms with Gasteiger partial charge in [0.25, 0.3) is 17.5 Å². The van der Waals surface area contributed by atoms with Gasteiger partial charge in [-0.2, -0.15) is 0 Å². The van der Waals surface area contributed by atoms with Crippen LogP contribution < -0.4 is 0 Å². The third-order valence-corrected chi connectivity index (χ3v) is 2.83. The van der Waals surface area contributed by atoms with Gasteiger partial charge in [-0.1, -0.05) is 12.6 Å². The molecule has 102 valence electrons. The van der Waals surface area contributed by atoms with Gasteiger partial charge in [0.2, 0.25) is 0 Å². The molecular weight excluding hydrogens is 268 g/mol. The number of aliphatic carboxylic acids is 1. The molecule has 2 rings (SSSR count). The van der Waals surface area contributed by atoms with Crippen LogP contribution in [0, 0.1) is 10.1 Å². The Morgan fingerprint density at radius 3 is 2.55 bits per heavy atom. The third kappa shape index (κ3) is 1.92. The molecule has 0 atom stereocenters. The zero-order chi connectivity index (χ0) is 15.0. The second kappa shape index (κ2) is 4.57. The normalized spacial score (nSPS) is 13.3. The topological polar surface area (TPSA) is 118 Å². The van der Waals surface area contributed by atoms with Crippen molar-refractivity contribution in [3.05, 3.63) is 51.6 Å². The van der Waals surface area contributed by atoms with E-state index in [0.717, 1.165) is 6.07 Å².